The van der Waals surface area contributed by atoms with Gasteiger partial charge >= 0.3 is 0 Å². The molecule has 0 aromatic heterocycles. The molecule has 2 N–H and O–H groups in total. The van der Waals surface area contributed by atoms with Crippen molar-refractivity contribution in [2.45, 2.75) is 6.04 Å². The predicted octanol–water partition coefficient (Wildman–Crippen LogP) is 0.870. The van der Waals surface area contributed by atoms with Gasteiger partial charge in [0.2, 0.25) is 11.8 Å². The second-order valence-electron chi connectivity index (χ2n) is 6.83. The van der Waals surface area contributed by atoms with Gasteiger partial charge in [-0.05, 0) is 12.1 Å². The van der Waals surface area contributed by atoms with E-state index in [2.05, 4.69) is 16.8 Å². The van der Waals surface area contributed by atoms with Crippen molar-refractivity contribution < 1.29 is 14.7 Å². The van der Waals surface area contributed by atoms with E-state index >= 15 is 0 Å². The zero-order valence-corrected chi connectivity index (χ0v) is 16.2. The average molecular weight is 404 g/mol. The van der Waals surface area contributed by atoms with Gasteiger partial charge in [-0.2, -0.15) is 5.26 Å². The highest BCUT2D eigenvalue weighted by Crippen LogP contribution is 2.30. The molecule has 9 heteroatoms. The summed E-state index contributed by atoms with van der Waals surface area (Å²) >= 11 is 5.86. The van der Waals surface area contributed by atoms with Gasteiger partial charge in [0, 0.05) is 51.4 Å². The topological polar surface area (TPSA) is 99.9 Å². The number of likely N-dealkylation sites (tertiary alicyclic amines) is 1. The summed E-state index contributed by atoms with van der Waals surface area (Å²) < 4.78 is 0. The van der Waals surface area contributed by atoms with E-state index in [1.165, 1.54) is 18.2 Å². The van der Waals surface area contributed by atoms with Crippen molar-refractivity contribution >= 4 is 29.1 Å². The van der Waals surface area contributed by atoms with Crippen molar-refractivity contribution in [2.75, 3.05) is 51.1 Å². The molecule has 2 aliphatic heterocycles. The van der Waals surface area contributed by atoms with Crippen molar-refractivity contribution in [1.82, 2.24) is 14.7 Å². The number of carbonyl (C=O) groups excluding carboxylic acids is 2. The molecular formula is C19H22ClN5O3. The molecule has 0 saturated carbocycles. The van der Waals surface area contributed by atoms with Gasteiger partial charge in [-0.3, -0.25) is 14.5 Å². The van der Waals surface area contributed by atoms with Crippen LogP contribution in [0.5, 0.6) is 5.75 Å². The molecule has 0 aliphatic carbocycles. The summed E-state index contributed by atoms with van der Waals surface area (Å²) in [6.45, 7) is 7.68. The summed E-state index contributed by atoms with van der Waals surface area (Å²) in [6.07, 6.45) is 1.33. The Labute approximate surface area is 168 Å². The number of nitrogens with one attached hydrogen (secondary N) is 1. The van der Waals surface area contributed by atoms with Crippen LogP contribution in [0, 0.1) is 11.3 Å². The van der Waals surface area contributed by atoms with Crippen LogP contribution < -0.4 is 5.32 Å². The molecule has 0 bridgehead atoms. The van der Waals surface area contributed by atoms with Gasteiger partial charge < -0.3 is 20.2 Å². The number of carbonyl (C=O) groups is 2. The summed E-state index contributed by atoms with van der Waals surface area (Å²) in [5.74, 6) is -0.226. The third-order valence-electron chi connectivity index (χ3n) is 5.17. The second-order valence-corrected chi connectivity index (χ2v) is 7.24. The molecule has 28 heavy (non-hydrogen) atoms. The number of aromatic hydroxyl groups is 1. The van der Waals surface area contributed by atoms with E-state index in [1.54, 1.807) is 9.80 Å². The Balaban J connectivity index is 1.46. The monoisotopic (exact) mass is 403 g/mol. The first-order valence-electron chi connectivity index (χ1n) is 9.02. The summed E-state index contributed by atoms with van der Waals surface area (Å²) in [4.78, 5) is 29.8. The summed E-state index contributed by atoms with van der Waals surface area (Å²) in [5, 5.41) is 22.0. The van der Waals surface area contributed by atoms with E-state index in [9.17, 15) is 14.7 Å². The standard InChI is InChI=1S/C19H22ClN5O3/c1-2-18(27)25-11-14(12-25)23-3-5-24(6-4-23)19(28)10-22-16-7-13(9-21)15(20)8-17(16)26/h2,7-8,14,22,26H,1,3-6,10-12H2. The number of halogens is 1. The van der Waals surface area contributed by atoms with E-state index in [1.807, 2.05) is 6.07 Å². The first-order valence-corrected chi connectivity index (χ1v) is 9.40. The van der Waals surface area contributed by atoms with E-state index in [0.717, 1.165) is 13.1 Å². The largest absolute Gasteiger partial charge is 0.506 e. The number of phenols is 1. The lowest BCUT2D eigenvalue weighted by molar-refractivity contribution is -0.135. The van der Waals surface area contributed by atoms with Crippen molar-refractivity contribution in [3.63, 3.8) is 0 Å². The van der Waals surface area contributed by atoms with Crippen LogP contribution in [0.2, 0.25) is 5.02 Å². The minimum Gasteiger partial charge on any atom is -0.506 e. The lowest BCUT2D eigenvalue weighted by Gasteiger charge is -2.47. The number of piperazine rings is 1. The molecule has 2 amide bonds. The van der Waals surface area contributed by atoms with Crippen molar-refractivity contribution in [2.24, 2.45) is 0 Å². The molecule has 2 aliphatic rings. The summed E-state index contributed by atoms with van der Waals surface area (Å²) in [7, 11) is 0. The quantitative estimate of drug-likeness (QED) is 0.559. The minimum absolute atomic E-state index is 0.0190. The van der Waals surface area contributed by atoms with Gasteiger partial charge in [0.05, 0.1) is 22.8 Å². The maximum absolute atomic E-state index is 12.5. The van der Waals surface area contributed by atoms with Gasteiger partial charge in [0.1, 0.15) is 11.8 Å². The summed E-state index contributed by atoms with van der Waals surface area (Å²) in [5.41, 5.74) is 0.530. The van der Waals surface area contributed by atoms with Gasteiger partial charge in [-0.15, -0.1) is 0 Å². The number of nitriles is 1. The highest BCUT2D eigenvalue weighted by Gasteiger charge is 2.35. The molecule has 1 aromatic carbocycles. The fourth-order valence-corrected chi connectivity index (χ4v) is 3.60. The van der Waals surface area contributed by atoms with Crippen LogP contribution in [0.25, 0.3) is 0 Å². The highest BCUT2D eigenvalue weighted by molar-refractivity contribution is 6.32. The maximum atomic E-state index is 12.5. The Kier molecular flexibility index (Phi) is 6.07. The van der Waals surface area contributed by atoms with Crippen LogP contribution >= 0.6 is 11.6 Å². The number of hydrogen-bond acceptors (Lipinski definition) is 6. The zero-order valence-electron chi connectivity index (χ0n) is 15.4. The van der Waals surface area contributed by atoms with Crippen LogP contribution in [-0.4, -0.2) is 83.5 Å². The summed E-state index contributed by atoms with van der Waals surface area (Å²) in [6, 6.07) is 4.99. The highest BCUT2D eigenvalue weighted by atomic mass is 35.5. The third kappa shape index (κ3) is 4.21. The van der Waals surface area contributed by atoms with Gasteiger partial charge in [0.15, 0.2) is 0 Å². The van der Waals surface area contributed by atoms with E-state index < -0.39 is 0 Å². The zero-order chi connectivity index (χ0) is 20.3. The van der Waals surface area contributed by atoms with Gasteiger partial charge in [-0.1, -0.05) is 18.2 Å². The molecular weight excluding hydrogens is 382 g/mol. The molecule has 0 unspecified atom stereocenters. The number of phenolic OH excluding ortho intramolecular Hbond substituents is 1. The normalized spacial score (nSPS) is 17.6. The maximum Gasteiger partial charge on any atom is 0.246 e. The Bertz CT molecular complexity index is 824. The molecule has 0 atom stereocenters. The smallest absolute Gasteiger partial charge is 0.246 e. The van der Waals surface area contributed by atoms with Crippen molar-refractivity contribution in [3.05, 3.63) is 35.4 Å². The number of anilines is 1. The molecule has 3 rings (SSSR count). The van der Waals surface area contributed by atoms with Gasteiger partial charge in [0.25, 0.3) is 0 Å². The van der Waals surface area contributed by atoms with Crippen LogP contribution in [0.15, 0.2) is 24.8 Å². The molecule has 8 nitrogen and oxygen atoms in total. The van der Waals surface area contributed by atoms with Crippen molar-refractivity contribution in [3.8, 4) is 11.8 Å². The van der Waals surface area contributed by atoms with Crippen LogP contribution in [0.4, 0.5) is 5.69 Å². The number of nitrogens with zero attached hydrogens (tertiary/aromatic N) is 4. The average Bonchev–Trinajstić information content (AvgIpc) is 2.66. The van der Waals surface area contributed by atoms with E-state index in [4.69, 9.17) is 16.9 Å². The second kappa shape index (κ2) is 8.50. The number of hydrogen-bond donors (Lipinski definition) is 2. The minimum atomic E-state index is -0.106. The molecule has 2 saturated heterocycles. The van der Waals surface area contributed by atoms with E-state index in [0.29, 0.717) is 37.9 Å². The first-order chi connectivity index (χ1) is 13.4. The number of benzene rings is 1. The number of amides is 2. The van der Waals surface area contributed by atoms with Crippen LogP contribution in [0.1, 0.15) is 5.56 Å². The fraction of sp³-hybridized carbons (Fsp3) is 0.421. The van der Waals surface area contributed by atoms with Crippen LogP contribution in [0.3, 0.4) is 0 Å². The Morgan fingerprint density at radius 3 is 2.57 bits per heavy atom. The molecule has 2 fully saturated rings. The Morgan fingerprint density at radius 1 is 1.29 bits per heavy atom. The molecule has 1 aromatic rings. The third-order valence-corrected chi connectivity index (χ3v) is 5.48. The Hall–Kier alpha value is -2.76. The fourth-order valence-electron chi connectivity index (χ4n) is 3.40. The lowest BCUT2D eigenvalue weighted by atomic mass is 10.1. The van der Waals surface area contributed by atoms with Crippen molar-refractivity contribution in [1.29, 1.82) is 5.26 Å². The number of rotatable bonds is 5. The van der Waals surface area contributed by atoms with E-state index in [-0.39, 0.29) is 34.7 Å². The molecule has 0 spiro atoms. The van der Waals surface area contributed by atoms with Gasteiger partial charge in [-0.25, -0.2) is 0 Å². The lowest BCUT2D eigenvalue weighted by Crippen LogP contribution is -2.64. The molecule has 148 valence electrons. The predicted molar refractivity (Wildman–Crippen MR) is 105 cm³/mol. The molecule has 0 radical (unpaired) electrons. The SMILES string of the molecule is C=CC(=O)N1CC(N2CCN(C(=O)CNc3cc(C#N)c(Cl)cc3O)CC2)C1. The first kappa shape index (κ1) is 20.0. The van der Waals surface area contributed by atoms with Crippen LogP contribution in [-0.2, 0) is 9.59 Å². The molecule has 2 heterocycles. The Morgan fingerprint density at radius 2 is 1.96 bits per heavy atom.